The molecule has 2 aromatic rings. The number of aliphatic hydroxyl groups excluding tert-OH is 1. The number of nitrogens with one attached hydrogen (secondary N) is 2. The summed E-state index contributed by atoms with van der Waals surface area (Å²) in [5.41, 5.74) is 2.05. The summed E-state index contributed by atoms with van der Waals surface area (Å²) in [6.07, 6.45) is 5.85. The lowest BCUT2D eigenvalue weighted by Crippen LogP contribution is -2.28. The molecule has 1 atom stereocenters. The lowest BCUT2D eigenvalue weighted by Gasteiger charge is -2.25. The van der Waals surface area contributed by atoms with Gasteiger partial charge in [0.05, 0.1) is 30.4 Å². The van der Waals surface area contributed by atoms with Crippen LogP contribution in [-0.4, -0.2) is 38.7 Å². The zero-order valence-corrected chi connectivity index (χ0v) is 13.2. The first-order chi connectivity index (χ1) is 11.7. The Balaban J connectivity index is 1.90. The Hall–Kier alpha value is -2.51. The van der Waals surface area contributed by atoms with Gasteiger partial charge in [-0.3, -0.25) is 10.4 Å². The summed E-state index contributed by atoms with van der Waals surface area (Å²) in [6.45, 7) is 0.474. The fourth-order valence-electron chi connectivity index (χ4n) is 2.63. The first kappa shape index (κ1) is 16.4. The zero-order valence-electron chi connectivity index (χ0n) is 13.2. The van der Waals surface area contributed by atoms with E-state index < -0.39 is 0 Å². The number of nitrogens with zero attached hydrogens (tertiary/aromatic N) is 2. The third-order valence-electron chi connectivity index (χ3n) is 3.87. The summed E-state index contributed by atoms with van der Waals surface area (Å²) >= 11 is 0. The van der Waals surface area contributed by atoms with Crippen LogP contribution in [0, 0.1) is 5.41 Å². The van der Waals surface area contributed by atoms with E-state index in [0.29, 0.717) is 29.2 Å². The van der Waals surface area contributed by atoms with Crippen LogP contribution in [0.3, 0.4) is 0 Å². The third-order valence-corrected chi connectivity index (χ3v) is 3.87. The molecule has 0 spiro atoms. The van der Waals surface area contributed by atoms with Gasteiger partial charge in [-0.05, 0) is 37.5 Å². The van der Waals surface area contributed by atoms with Crippen molar-refractivity contribution in [1.82, 2.24) is 9.97 Å². The van der Waals surface area contributed by atoms with Crippen LogP contribution in [0.4, 0.5) is 5.69 Å². The van der Waals surface area contributed by atoms with E-state index in [0.717, 1.165) is 19.3 Å². The predicted octanol–water partition coefficient (Wildman–Crippen LogP) is 2.03. The SMILES string of the molecule is N=C(c1cncc(CO)n1)c1cc(O)ccc1NC1CCCCO1. The topological polar surface area (TPSA) is 111 Å². The van der Waals surface area contributed by atoms with Gasteiger partial charge in [0.2, 0.25) is 0 Å². The van der Waals surface area contributed by atoms with E-state index in [2.05, 4.69) is 15.3 Å². The second-order valence-electron chi connectivity index (χ2n) is 5.66. The molecule has 1 aromatic carbocycles. The standard InChI is InChI=1S/C17H20N4O3/c18-17(15-9-19-8-11(10-22)20-15)13-7-12(23)4-5-14(13)21-16-3-1-2-6-24-16/h4-5,7-9,16,18,21-23H,1-3,6,10H2. The molecule has 1 fully saturated rings. The lowest BCUT2D eigenvalue weighted by molar-refractivity contribution is 0.0343. The quantitative estimate of drug-likeness (QED) is 0.494. The van der Waals surface area contributed by atoms with Crippen molar-refractivity contribution in [3.8, 4) is 5.75 Å². The first-order valence-corrected chi connectivity index (χ1v) is 7.89. The van der Waals surface area contributed by atoms with E-state index >= 15 is 0 Å². The molecule has 7 nitrogen and oxygen atoms in total. The number of hydrogen-bond donors (Lipinski definition) is 4. The zero-order chi connectivity index (χ0) is 16.9. The Morgan fingerprint density at radius 2 is 2.21 bits per heavy atom. The second kappa shape index (κ2) is 7.37. The van der Waals surface area contributed by atoms with Crippen molar-refractivity contribution < 1.29 is 14.9 Å². The van der Waals surface area contributed by atoms with Crippen molar-refractivity contribution in [2.75, 3.05) is 11.9 Å². The fraction of sp³-hybridized carbons (Fsp3) is 0.353. The first-order valence-electron chi connectivity index (χ1n) is 7.89. The van der Waals surface area contributed by atoms with E-state index in [4.69, 9.17) is 10.1 Å². The number of phenols is 1. The molecule has 1 unspecified atom stereocenters. The minimum absolute atomic E-state index is 0.0659. The summed E-state index contributed by atoms with van der Waals surface area (Å²) in [7, 11) is 0. The maximum atomic E-state index is 9.81. The normalized spacial score (nSPS) is 17.5. The number of aromatic hydroxyl groups is 1. The monoisotopic (exact) mass is 328 g/mol. The number of phenolic OH excluding ortho intramolecular Hbond substituents is 1. The Labute approximate surface area is 139 Å². The highest BCUT2D eigenvalue weighted by molar-refractivity contribution is 6.13. The van der Waals surface area contributed by atoms with Crippen molar-refractivity contribution in [3.05, 3.63) is 47.5 Å². The Bertz CT molecular complexity index is 730. The predicted molar refractivity (Wildman–Crippen MR) is 89.2 cm³/mol. The summed E-state index contributed by atoms with van der Waals surface area (Å²) in [6, 6.07) is 4.80. The Morgan fingerprint density at radius 3 is 2.96 bits per heavy atom. The number of hydrogen-bond acceptors (Lipinski definition) is 7. The molecule has 126 valence electrons. The van der Waals surface area contributed by atoms with E-state index in [1.165, 1.54) is 18.5 Å². The van der Waals surface area contributed by atoms with Gasteiger partial charge in [0.25, 0.3) is 0 Å². The molecule has 4 N–H and O–H groups in total. The van der Waals surface area contributed by atoms with Crippen LogP contribution < -0.4 is 5.32 Å². The average Bonchev–Trinajstić information content (AvgIpc) is 2.63. The molecule has 24 heavy (non-hydrogen) atoms. The van der Waals surface area contributed by atoms with Gasteiger partial charge in [-0.2, -0.15) is 0 Å². The molecule has 3 rings (SSSR count). The van der Waals surface area contributed by atoms with E-state index in [9.17, 15) is 10.2 Å². The molecule has 0 bridgehead atoms. The molecule has 1 aliphatic heterocycles. The van der Waals surface area contributed by atoms with Crippen molar-refractivity contribution >= 4 is 11.4 Å². The number of anilines is 1. The maximum Gasteiger partial charge on any atom is 0.127 e. The summed E-state index contributed by atoms with van der Waals surface area (Å²) in [4.78, 5) is 8.21. The molecule has 0 saturated carbocycles. The molecule has 1 aromatic heterocycles. The van der Waals surface area contributed by atoms with Crippen molar-refractivity contribution in [3.63, 3.8) is 0 Å². The molecular formula is C17H20N4O3. The highest BCUT2D eigenvalue weighted by Crippen LogP contribution is 2.26. The number of aliphatic hydroxyl groups is 1. The van der Waals surface area contributed by atoms with Crippen LogP contribution in [0.25, 0.3) is 0 Å². The van der Waals surface area contributed by atoms with Crippen molar-refractivity contribution in [2.45, 2.75) is 32.1 Å². The van der Waals surface area contributed by atoms with Crippen LogP contribution in [-0.2, 0) is 11.3 Å². The van der Waals surface area contributed by atoms with Gasteiger partial charge in [-0.1, -0.05) is 0 Å². The highest BCUT2D eigenvalue weighted by Gasteiger charge is 2.18. The van der Waals surface area contributed by atoms with Gasteiger partial charge < -0.3 is 20.3 Å². The molecule has 0 amide bonds. The van der Waals surface area contributed by atoms with Gasteiger partial charge in [0.1, 0.15) is 17.7 Å². The average molecular weight is 328 g/mol. The van der Waals surface area contributed by atoms with E-state index in [1.807, 2.05) is 0 Å². The third kappa shape index (κ3) is 3.69. The van der Waals surface area contributed by atoms with Gasteiger partial charge in [0, 0.05) is 17.9 Å². The van der Waals surface area contributed by atoms with Gasteiger partial charge in [0.15, 0.2) is 0 Å². The largest absolute Gasteiger partial charge is 0.508 e. The van der Waals surface area contributed by atoms with Crippen LogP contribution in [0.15, 0.2) is 30.6 Å². The lowest BCUT2D eigenvalue weighted by atomic mass is 10.0. The molecule has 0 aliphatic carbocycles. The van der Waals surface area contributed by atoms with Gasteiger partial charge in [-0.25, -0.2) is 4.98 Å². The highest BCUT2D eigenvalue weighted by atomic mass is 16.5. The number of aromatic nitrogens is 2. The van der Waals surface area contributed by atoms with E-state index in [-0.39, 0.29) is 24.3 Å². The molecule has 7 heteroatoms. The molecule has 1 aliphatic rings. The van der Waals surface area contributed by atoms with Crippen LogP contribution in [0.2, 0.25) is 0 Å². The van der Waals surface area contributed by atoms with Crippen molar-refractivity contribution in [1.29, 1.82) is 5.41 Å². The minimum atomic E-state index is -0.241. The molecule has 1 saturated heterocycles. The second-order valence-corrected chi connectivity index (χ2v) is 5.66. The van der Waals surface area contributed by atoms with Crippen LogP contribution in [0.1, 0.15) is 36.2 Å². The van der Waals surface area contributed by atoms with Crippen LogP contribution in [0.5, 0.6) is 5.75 Å². The number of rotatable bonds is 5. The fourth-order valence-corrected chi connectivity index (χ4v) is 2.63. The molecule has 0 radical (unpaired) electrons. The van der Waals surface area contributed by atoms with Crippen LogP contribution >= 0.6 is 0 Å². The summed E-state index contributed by atoms with van der Waals surface area (Å²) in [5, 5.41) is 30.7. The minimum Gasteiger partial charge on any atom is -0.508 e. The number of ether oxygens (including phenoxy) is 1. The Morgan fingerprint density at radius 1 is 1.33 bits per heavy atom. The van der Waals surface area contributed by atoms with Gasteiger partial charge >= 0.3 is 0 Å². The van der Waals surface area contributed by atoms with E-state index in [1.54, 1.807) is 12.1 Å². The smallest absolute Gasteiger partial charge is 0.127 e. The molecule has 2 heterocycles. The number of benzene rings is 1. The summed E-state index contributed by atoms with van der Waals surface area (Å²) < 4.78 is 5.68. The Kier molecular flexibility index (Phi) is 5.02. The maximum absolute atomic E-state index is 9.81. The van der Waals surface area contributed by atoms with Gasteiger partial charge in [-0.15, -0.1) is 0 Å². The summed E-state index contributed by atoms with van der Waals surface area (Å²) in [5.74, 6) is 0.0659. The molecular weight excluding hydrogens is 308 g/mol. The van der Waals surface area contributed by atoms with Crippen molar-refractivity contribution in [2.24, 2.45) is 0 Å².